The number of fused-ring (bicyclic) bond motifs is 1. The van der Waals surface area contributed by atoms with Gasteiger partial charge >= 0.3 is 5.97 Å². The van der Waals surface area contributed by atoms with Gasteiger partial charge in [0.25, 0.3) is 0 Å². The number of hydrogen-bond acceptors (Lipinski definition) is 3. The molecule has 0 atom stereocenters. The Morgan fingerprint density at radius 1 is 1.26 bits per heavy atom. The summed E-state index contributed by atoms with van der Waals surface area (Å²) in [5.74, 6) is -1.27. The zero-order valence-electron chi connectivity index (χ0n) is 15.8. The van der Waals surface area contributed by atoms with Crippen LogP contribution in [-0.2, 0) is 24.2 Å². The largest absolute Gasteiger partial charge is 0.481 e. The highest BCUT2D eigenvalue weighted by Crippen LogP contribution is 2.30. The highest BCUT2D eigenvalue weighted by atomic mass is 19.1. The predicted molar refractivity (Wildman–Crippen MR) is 107 cm³/mol. The molecule has 0 aromatic heterocycles. The molecule has 2 aromatic rings. The minimum absolute atomic E-state index is 0.0614. The van der Waals surface area contributed by atoms with Crippen LogP contribution < -0.4 is 10.2 Å². The van der Waals surface area contributed by atoms with Crippen LogP contribution in [0.4, 0.5) is 15.8 Å². The number of carboxylic acids is 1. The summed E-state index contributed by atoms with van der Waals surface area (Å²) in [5, 5.41) is 12.1. The molecule has 0 saturated carbocycles. The molecule has 2 N–H and O–H groups in total. The van der Waals surface area contributed by atoms with Crippen LogP contribution in [0, 0.1) is 5.82 Å². The lowest BCUT2D eigenvalue weighted by Crippen LogP contribution is -2.30. The first kappa shape index (κ1) is 19.2. The number of benzene rings is 2. The minimum atomic E-state index is -0.914. The second kappa shape index (κ2) is 8.89. The summed E-state index contributed by atoms with van der Waals surface area (Å²) in [4.78, 5) is 13.1. The smallest absolute Gasteiger partial charge is 0.303 e. The lowest BCUT2D eigenvalue weighted by atomic mass is 9.96. The summed E-state index contributed by atoms with van der Waals surface area (Å²) in [6, 6.07) is 11.4. The van der Waals surface area contributed by atoms with Crippen LogP contribution in [0.2, 0.25) is 0 Å². The molecule has 4 nitrogen and oxygen atoms in total. The molecule has 1 aliphatic heterocycles. The van der Waals surface area contributed by atoms with Gasteiger partial charge in [-0.05, 0) is 60.6 Å². The molecule has 3 rings (SSSR count). The topological polar surface area (TPSA) is 52.6 Å². The molecule has 0 bridgehead atoms. The van der Waals surface area contributed by atoms with Gasteiger partial charge < -0.3 is 15.3 Å². The van der Waals surface area contributed by atoms with Crippen molar-refractivity contribution in [3.63, 3.8) is 0 Å². The Labute approximate surface area is 160 Å². The Morgan fingerprint density at radius 3 is 2.85 bits per heavy atom. The van der Waals surface area contributed by atoms with Crippen LogP contribution in [0.3, 0.4) is 0 Å². The van der Waals surface area contributed by atoms with E-state index in [4.69, 9.17) is 5.11 Å². The van der Waals surface area contributed by atoms with Crippen molar-refractivity contribution in [2.45, 2.75) is 45.6 Å². The van der Waals surface area contributed by atoms with Gasteiger partial charge in [0.2, 0.25) is 0 Å². The number of aryl methyl sites for hydroxylation is 1. The number of aliphatic carboxylic acids is 1. The molecule has 0 radical (unpaired) electrons. The van der Waals surface area contributed by atoms with Crippen LogP contribution >= 0.6 is 0 Å². The van der Waals surface area contributed by atoms with Crippen molar-refractivity contribution in [1.29, 1.82) is 0 Å². The minimum Gasteiger partial charge on any atom is -0.481 e. The number of carbonyl (C=O) groups is 1. The van der Waals surface area contributed by atoms with E-state index >= 15 is 0 Å². The highest BCUT2D eigenvalue weighted by Gasteiger charge is 2.18. The fraction of sp³-hybridized carbons (Fsp3) is 0.409. The van der Waals surface area contributed by atoms with Crippen molar-refractivity contribution in [2.75, 3.05) is 23.3 Å². The third-order valence-corrected chi connectivity index (χ3v) is 5.08. The molecule has 0 spiro atoms. The van der Waals surface area contributed by atoms with Gasteiger partial charge in [-0.15, -0.1) is 0 Å². The molecule has 0 unspecified atom stereocenters. The number of nitrogens with zero attached hydrogens (tertiary/aromatic N) is 1. The fourth-order valence-corrected chi connectivity index (χ4v) is 3.74. The first-order valence-electron chi connectivity index (χ1n) is 9.68. The summed E-state index contributed by atoms with van der Waals surface area (Å²) >= 11 is 0. The third kappa shape index (κ3) is 4.79. The van der Waals surface area contributed by atoms with Crippen LogP contribution in [-0.4, -0.2) is 24.2 Å². The van der Waals surface area contributed by atoms with E-state index in [0.717, 1.165) is 32.4 Å². The van der Waals surface area contributed by atoms with E-state index in [1.807, 2.05) is 6.07 Å². The van der Waals surface area contributed by atoms with Crippen molar-refractivity contribution in [3.05, 3.63) is 58.9 Å². The van der Waals surface area contributed by atoms with Gasteiger partial charge in [0.05, 0.1) is 0 Å². The molecule has 0 aliphatic carbocycles. The van der Waals surface area contributed by atoms with Crippen molar-refractivity contribution in [3.8, 4) is 0 Å². The molecule has 1 aliphatic rings. The molecule has 0 amide bonds. The zero-order valence-corrected chi connectivity index (χ0v) is 15.8. The summed E-state index contributed by atoms with van der Waals surface area (Å²) < 4.78 is 14.2. The maximum Gasteiger partial charge on any atom is 0.303 e. The number of rotatable bonds is 8. The van der Waals surface area contributed by atoms with Gasteiger partial charge in [-0.2, -0.15) is 0 Å². The standard InChI is InChI=1S/C22H27FN2O2/c1-2-12-25-13-4-6-19-17(5-3-7-21(19)25)15-24-18-10-8-16(20(23)14-18)9-11-22(26)27/h3,5,7-8,10,14,24H,2,4,6,9,11-13,15H2,1H3,(H,26,27). The fourth-order valence-electron chi connectivity index (χ4n) is 3.74. The Balaban J connectivity index is 1.69. The quantitative estimate of drug-likeness (QED) is 0.712. The summed E-state index contributed by atoms with van der Waals surface area (Å²) in [5.41, 5.74) is 5.13. The van der Waals surface area contributed by atoms with Gasteiger partial charge in [-0.1, -0.05) is 25.1 Å². The number of nitrogens with one attached hydrogen (secondary N) is 1. The van der Waals surface area contributed by atoms with Crippen LogP contribution in [0.25, 0.3) is 0 Å². The third-order valence-electron chi connectivity index (χ3n) is 5.08. The average Bonchev–Trinajstić information content (AvgIpc) is 2.66. The van der Waals surface area contributed by atoms with E-state index in [-0.39, 0.29) is 18.7 Å². The van der Waals surface area contributed by atoms with Crippen molar-refractivity contribution in [1.82, 2.24) is 0 Å². The van der Waals surface area contributed by atoms with Gasteiger partial charge in [-0.3, -0.25) is 4.79 Å². The molecule has 5 heteroatoms. The Kier molecular flexibility index (Phi) is 6.32. The van der Waals surface area contributed by atoms with Gasteiger partial charge in [0.1, 0.15) is 5.82 Å². The number of carboxylic acid groups (broad SMARTS) is 1. The van der Waals surface area contributed by atoms with E-state index in [1.54, 1.807) is 6.07 Å². The SMILES string of the molecule is CCCN1CCCc2c(CNc3ccc(CCC(=O)O)c(F)c3)cccc21. The molecule has 144 valence electrons. The molecule has 0 fully saturated rings. The first-order chi connectivity index (χ1) is 13.1. The van der Waals surface area contributed by atoms with Gasteiger partial charge in [0, 0.05) is 37.4 Å². The number of anilines is 2. The Morgan fingerprint density at radius 2 is 2.11 bits per heavy atom. The lowest BCUT2D eigenvalue weighted by molar-refractivity contribution is -0.136. The van der Waals surface area contributed by atoms with Crippen molar-refractivity contribution in [2.24, 2.45) is 0 Å². The maximum absolute atomic E-state index is 14.2. The average molecular weight is 370 g/mol. The van der Waals surface area contributed by atoms with Gasteiger partial charge in [0.15, 0.2) is 0 Å². The highest BCUT2D eigenvalue weighted by molar-refractivity contribution is 5.67. The summed E-state index contributed by atoms with van der Waals surface area (Å²) in [6.07, 6.45) is 3.53. The van der Waals surface area contributed by atoms with E-state index in [9.17, 15) is 9.18 Å². The summed E-state index contributed by atoms with van der Waals surface area (Å²) in [7, 11) is 0. The van der Waals surface area contributed by atoms with E-state index in [1.165, 1.54) is 22.9 Å². The molecule has 2 aromatic carbocycles. The summed E-state index contributed by atoms with van der Waals surface area (Å²) in [6.45, 7) is 5.04. The maximum atomic E-state index is 14.2. The second-order valence-electron chi connectivity index (χ2n) is 7.06. The number of halogens is 1. The van der Waals surface area contributed by atoms with E-state index in [0.29, 0.717) is 17.8 Å². The van der Waals surface area contributed by atoms with Crippen LogP contribution in [0.1, 0.15) is 42.9 Å². The lowest BCUT2D eigenvalue weighted by Gasteiger charge is -2.32. The van der Waals surface area contributed by atoms with Gasteiger partial charge in [-0.25, -0.2) is 4.39 Å². The van der Waals surface area contributed by atoms with Crippen molar-refractivity contribution >= 4 is 17.3 Å². The van der Waals surface area contributed by atoms with Crippen LogP contribution in [0.15, 0.2) is 36.4 Å². The molecule has 1 heterocycles. The molecular formula is C22H27FN2O2. The van der Waals surface area contributed by atoms with E-state index in [2.05, 4.69) is 35.3 Å². The predicted octanol–water partition coefficient (Wildman–Crippen LogP) is 4.62. The Hall–Kier alpha value is -2.56. The normalized spacial score (nSPS) is 13.3. The number of hydrogen-bond donors (Lipinski definition) is 2. The molecular weight excluding hydrogens is 343 g/mol. The monoisotopic (exact) mass is 370 g/mol. The molecule has 27 heavy (non-hydrogen) atoms. The second-order valence-corrected chi connectivity index (χ2v) is 7.06. The Bertz CT molecular complexity index is 807. The zero-order chi connectivity index (χ0) is 19.2. The first-order valence-corrected chi connectivity index (χ1v) is 9.68. The van der Waals surface area contributed by atoms with E-state index < -0.39 is 5.97 Å². The molecule has 0 saturated heterocycles. The van der Waals surface area contributed by atoms with Crippen molar-refractivity contribution < 1.29 is 14.3 Å². The van der Waals surface area contributed by atoms with Crippen LogP contribution in [0.5, 0.6) is 0 Å².